The summed E-state index contributed by atoms with van der Waals surface area (Å²) < 4.78 is 10.7. The first-order valence-corrected chi connectivity index (χ1v) is 6.41. The lowest BCUT2D eigenvalue weighted by molar-refractivity contribution is 0.340. The average molecular weight is 283 g/mol. The summed E-state index contributed by atoms with van der Waals surface area (Å²) in [6.07, 6.45) is 3.02. The van der Waals surface area contributed by atoms with E-state index in [4.69, 9.17) is 15.0 Å². The molecule has 3 rings (SSSR count). The van der Waals surface area contributed by atoms with Crippen molar-refractivity contribution in [1.29, 1.82) is 0 Å². The minimum Gasteiger partial charge on any atom is -0.494 e. The molecule has 0 atom stereocenters. The second-order valence-electron chi connectivity index (χ2n) is 4.17. The van der Waals surface area contributed by atoms with Gasteiger partial charge in [-0.25, -0.2) is 9.97 Å². The molecule has 0 amide bonds. The fourth-order valence-corrected chi connectivity index (χ4v) is 1.84. The van der Waals surface area contributed by atoms with Crippen LogP contribution in [0.5, 0.6) is 5.75 Å². The number of aromatic nitrogens is 4. The van der Waals surface area contributed by atoms with Gasteiger partial charge >= 0.3 is 0 Å². The molecule has 1 aromatic carbocycles. The highest BCUT2D eigenvalue weighted by atomic mass is 16.5. The zero-order valence-electron chi connectivity index (χ0n) is 11.4. The fourth-order valence-electron chi connectivity index (χ4n) is 1.84. The van der Waals surface area contributed by atoms with E-state index in [1.165, 1.54) is 12.4 Å². The van der Waals surface area contributed by atoms with Crippen molar-refractivity contribution in [3.05, 3.63) is 36.7 Å². The van der Waals surface area contributed by atoms with Crippen LogP contribution in [0, 0.1) is 0 Å². The standard InChI is InChI=1S/C14H13N5O2/c1-2-20-10-5-3-4-9(8-10)13-18-14(21-19-13)11-12(15)17-7-6-16-11/h3-8H,2H2,1H3,(H2,15,17). The molecule has 2 aromatic heterocycles. The van der Waals surface area contributed by atoms with Gasteiger partial charge in [0.25, 0.3) is 5.89 Å². The molecule has 106 valence electrons. The normalized spacial score (nSPS) is 10.5. The van der Waals surface area contributed by atoms with Crippen LogP contribution in [-0.2, 0) is 0 Å². The molecule has 0 fully saturated rings. The lowest BCUT2D eigenvalue weighted by atomic mass is 10.2. The molecule has 2 heterocycles. The van der Waals surface area contributed by atoms with E-state index < -0.39 is 0 Å². The smallest absolute Gasteiger partial charge is 0.280 e. The molecule has 2 N–H and O–H groups in total. The Hall–Kier alpha value is -2.96. The van der Waals surface area contributed by atoms with Crippen molar-refractivity contribution >= 4 is 5.82 Å². The molecule has 0 saturated heterocycles. The van der Waals surface area contributed by atoms with Crippen LogP contribution >= 0.6 is 0 Å². The van der Waals surface area contributed by atoms with E-state index in [0.717, 1.165) is 11.3 Å². The number of hydrogen-bond acceptors (Lipinski definition) is 7. The number of hydrogen-bond donors (Lipinski definition) is 1. The van der Waals surface area contributed by atoms with Gasteiger partial charge in [-0.3, -0.25) is 0 Å². The Balaban J connectivity index is 1.95. The van der Waals surface area contributed by atoms with Crippen LogP contribution in [0.1, 0.15) is 6.92 Å². The predicted octanol–water partition coefficient (Wildman–Crippen LogP) is 2.17. The molecule has 0 unspecified atom stereocenters. The summed E-state index contributed by atoms with van der Waals surface area (Å²) in [5, 5.41) is 3.94. The summed E-state index contributed by atoms with van der Waals surface area (Å²) >= 11 is 0. The highest BCUT2D eigenvalue weighted by Crippen LogP contribution is 2.25. The topological polar surface area (TPSA) is 100.0 Å². The highest BCUT2D eigenvalue weighted by Gasteiger charge is 2.15. The molecule has 7 heteroatoms. The predicted molar refractivity (Wildman–Crippen MR) is 76.3 cm³/mol. The summed E-state index contributed by atoms with van der Waals surface area (Å²) in [6.45, 7) is 2.52. The lowest BCUT2D eigenvalue weighted by Crippen LogP contribution is -1.96. The van der Waals surface area contributed by atoms with Crippen molar-refractivity contribution in [3.63, 3.8) is 0 Å². The zero-order valence-corrected chi connectivity index (χ0v) is 11.4. The summed E-state index contributed by atoms with van der Waals surface area (Å²) in [4.78, 5) is 12.3. The Kier molecular flexibility index (Phi) is 3.46. The molecule has 0 aliphatic carbocycles. The maximum atomic E-state index is 5.74. The van der Waals surface area contributed by atoms with Crippen molar-refractivity contribution < 1.29 is 9.26 Å². The number of nitrogens with two attached hydrogens (primary N) is 1. The second-order valence-corrected chi connectivity index (χ2v) is 4.17. The third-order valence-corrected chi connectivity index (χ3v) is 2.76. The van der Waals surface area contributed by atoms with Gasteiger partial charge in [-0.2, -0.15) is 4.98 Å². The molecule has 0 aliphatic heterocycles. The van der Waals surface area contributed by atoms with Gasteiger partial charge in [0.1, 0.15) is 5.75 Å². The fraction of sp³-hybridized carbons (Fsp3) is 0.143. The molecular weight excluding hydrogens is 270 g/mol. The lowest BCUT2D eigenvalue weighted by Gasteiger charge is -2.02. The van der Waals surface area contributed by atoms with Gasteiger partial charge in [0, 0.05) is 18.0 Å². The van der Waals surface area contributed by atoms with E-state index in [1.807, 2.05) is 31.2 Å². The number of anilines is 1. The maximum Gasteiger partial charge on any atom is 0.280 e. The molecule has 3 aromatic rings. The molecule has 0 aliphatic rings. The second kappa shape index (κ2) is 5.58. The van der Waals surface area contributed by atoms with E-state index in [-0.39, 0.29) is 11.7 Å². The van der Waals surface area contributed by atoms with Crippen LogP contribution in [0.2, 0.25) is 0 Å². The third kappa shape index (κ3) is 2.66. The number of nitrogen functional groups attached to an aromatic ring is 1. The molecule has 7 nitrogen and oxygen atoms in total. The summed E-state index contributed by atoms with van der Waals surface area (Å²) in [5.74, 6) is 1.67. The van der Waals surface area contributed by atoms with E-state index in [9.17, 15) is 0 Å². The first kappa shape index (κ1) is 13.0. The summed E-state index contributed by atoms with van der Waals surface area (Å²) in [5.41, 5.74) is 6.91. The highest BCUT2D eigenvalue weighted by molar-refractivity contribution is 5.64. The largest absolute Gasteiger partial charge is 0.494 e. The van der Waals surface area contributed by atoms with Crippen molar-refractivity contribution in [1.82, 2.24) is 20.1 Å². The van der Waals surface area contributed by atoms with Crippen LogP contribution in [0.3, 0.4) is 0 Å². The number of benzene rings is 1. The van der Waals surface area contributed by atoms with Crippen LogP contribution in [0.15, 0.2) is 41.2 Å². The number of ether oxygens (including phenoxy) is 1. The van der Waals surface area contributed by atoms with E-state index in [0.29, 0.717) is 18.1 Å². The quantitative estimate of drug-likeness (QED) is 0.783. The summed E-state index contributed by atoms with van der Waals surface area (Å²) in [6, 6.07) is 7.46. The van der Waals surface area contributed by atoms with E-state index >= 15 is 0 Å². The first-order chi connectivity index (χ1) is 10.3. The Bertz CT molecular complexity index is 756. The van der Waals surface area contributed by atoms with Gasteiger partial charge in [-0.1, -0.05) is 17.3 Å². The first-order valence-electron chi connectivity index (χ1n) is 6.41. The van der Waals surface area contributed by atoms with Crippen molar-refractivity contribution in [2.75, 3.05) is 12.3 Å². The van der Waals surface area contributed by atoms with E-state index in [1.54, 1.807) is 0 Å². The van der Waals surface area contributed by atoms with Crippen molar-refractivity contribution in [2.24, 2.45) is 0 Å². The van der Waals surface area contributed by atoms with E-state index in [2.05, 4.69) is 20.1 Å². The van der Waals surface area contributed by atoms with Gasteiger partial charge in [0.05, 0.1) is 6.61 Å². The molecule has 0 saturated carbocycles. The van der Waals surface area contributed by atoms with Crippen molar-refractivity contribution in [2.45, 2.75) is 6.92 Å². The third-order valence-electron chi connectivity index (χ3n) is 2.76. The Labute approximate surface area is 120 Å². The van der Waals surface area contributed by atoms with Gasteiger partial charge in [-0.15, -0.1) is 0 Å². The number of rotatable bonds is 4. The molecule has 0 radical (unpaired) electrons. The molecule has 0 spiro atoms. The Morgan fingerprint density at radius 3 is 2.90 bits per heavy atom. The minimum atomic E-state index is 0.234. The van der Waals surface area contributed by atoms with Crippen LogP contribution in [0.25, 0.3) is 23.0 Å². The van der Waals surface area contributed by atoms with Crippen LogP contribution in [-0.4, -0.2) is 26.7 Å². The average Bonchev–Trinajstić information content (AvgIpc) is 2.98. The van der Waals surface area contributed by atoms with Gasteiger partial charge in [0.2, 0.25) is 5.82 Å². The Morgan fingerprint density at radius 1 is 1.24 bits per heavy atom. The maximum absolute atomic E-state index is 5.74. The monoisotopic (exact) mass is 283 g/mol. The van der Waals surface area contributed by atoms with Crippen LogP contribution < -0.4 is 10.5 Å². The number of nitrogens with zero attached hydrogens (tertiary/aromatic N) is 4. The minimum absolute atomic E-state index is 0.234. The van der Waals surface area contributed by atoms with Crippen molar-refractivity contribution in [3.8, 4) is 28.7 Å². The SMILES string of the molecule is CCOc1cccc(-c2noc(-c3nccnc3N)n2)c1. The summed E-state index contributed by atoms with van der Waals surface area (Å²) in [7, 11) is 0. The van der Waals surface area contributed by atoms with Crippen LogP contribution in [0.4, 0.5) is 5.82 Å². The van der Waals surface area contributed by atoms with Gasteiger partial charge in [0.15, 0.2) is 11.5 Å². The van der Waals surface area contributed by atoms with Gasteiger partial charge in [-0.05, 0) is 19.1 Å². The Morgan fingerprint density at radius 2 is 2.10 bits per heavy atom. The molecular formula is C14H13N5O2. The molecule has 0 bridgehead atoms. The molecule has 21 heavy (non-hydrogen) atoms. The van der Waals surface area contributed by atoms with Gasteiger partial charge < -0.3 is 15.0 Å². The zero-order chi connectivity index (χ0) is 14.7.